The third kappa shape index (κ3) is 3.54. The minimum Gasteiger partial charge on any atom is -0.492 e. The van der Waals surface area contributed by atoms with Crippen LogP contribution in [-0.4, -0.2) is 11.9 Å². The first-order chi connectivity index (χ1) is 7.60. The standard InChI is InChI=1S/C12H15BrCl2O/c1-3-16-12-10(8(2)4-5-13)6-9(14)7-11(12)15/h6-8H,3-5H2,1-2H3. The zero-order valence-corrected chi connectivity index (χ0v) is 12.5. The van der Waals surface area contributed by atoms with E-state index in [-0.39, 0.29) is 0 Å². The minimum atomic E-state index is 0.372. The van der Waals surface area contributed by atoms with Crippen LogP contribution in [0.1, 0.15) is 31.7 Å². The minimum absolute atomic E-state index is 0.372. The number of hydrogen-bond donors (Lipinski definition) is 0. The molecule has 0 amide bonds. The molecule has 0 saturated heterocycles. The van der Waals surface area contributed by atoms with Gasteiger partial charge < -0.3 is 4.74 Å². The van der Waals surface area contributed by atoms with Crippen molar-refractivity contribution in [2.24, 2.45) is 0 Å². The zero-order valence-electron chi connectivity index (χ0n) is 9.40. The Morgan fingerprint density at radius 3 is 2.62 bits per heavy atom. The van der Waals surface area contributed by atoms with Crippen LogP contribution in [0.25, 0.3) is 0 Å². The lowest BCUT2D eigenvalue weighted by Gasteiger charge is -2.17. The monoisotopic (exact) mass is 324 g/mol. The topological polar surface area (TPSA) is 9.23 Å². The molecule has 1 nitrogen and oxygen atoms in total. The van der Waals surface area contributed by atoms with Gasteiger partial charge in [-0.05, 0) is 31.4 Å². The van der Waals surface area contributed by atoms with E-state index in [1.54, 1.807) is 6.07 Å². The molecule has 1 atom stereocenters. The Balaban J connectivity index is 3.12. The molecule has 1 unspecified atom stereocenters. The van der Waals surface area contributed by atoms with E-state index in [1.807, 2.05) is 13.0 Å². The molecule has 0 spiro atoms. The van der Waals surface area contributed by atoms with Crippen molar-refractivity contribution >= 4 is 39.1 Å². The molecule has 0 saturated carbocycles. The Bertz CT molecular complexity index is 355. The largest absolute Gasteiger partial charge is 0.492 e. The van der Waals surface area contributed by atoms with E-state index < -0.39 is 0 Å². The Kier molecular flexibility index (Phi) is 5.95. The summed E-state index contributed by atoms with van der Waals surface area (Å²) in [5.41, 5.74) is 1.08. The molecule has 0 heterocycles. The van der Waals surface area contributed by atoms with Gasteiger partial charge in [-0.2, -0.15) is 0 Å². The molecule has 0 bridgehead atoms. The van der Waals surface area contributed by atoms with Crippen molar-refractivity contribution in [1.29, 1.82) is 0 Å². The molecule has 0 N–H and O–H groups in total. The van der Waals surface area contributed by atoms with Gasteiger partial charge in [-0.15, -0.1) is 0 Å². The van der Waals surface area contributed by atoms with Gasteiger partial charge in [0.15, 0.2) is 0 Å². The van der Waals surface area contributed by atoms with Gasteiger partial charge in [0.1, 0.15) is 5.75 Å². The molecule has 0 aliphatic rings. The number of rotatable bonds is 5. The molecule has 1 aromatic rings. The Hall–Kier alpha value is 0.0800. The lowest BCUT2D eigenvalue weighted by atomic mass is 9.97. The van der Waals surface area contributed by atoms with E-state index >= 15 is 0 Å². The van der Waals surface area contributed by atoms with Crippen LogP contribution < -0.4 is 4.74 Å². The van der Waals surface area contributed by atoms with Crippen LogP contribution in [0.2, 0.25) is 10.0 Å². The molecule has 0 fully saturated rings. The maximum atomic E-state index is 6.14. The van der Waals surface area contributed by atoms with E-state index in [4.69, 9.17) is 27.9 Å². The summed E-state index contributed by atoms with van der Waals surface area (Å²) < 4.78 is 5.58. The highest BCUT2D eigenvalue weighted by Crippen LogP contribution is 2.37. The summed E-state index contributed by atoms with van der Waals surface area (Å²) >= 11 is 15.6. The SMILES string of the molecule is CCOc1c(Cl)cc(Cl)cc1C(C)CCBr. The highest BCUT2D eigenvalue weighted by molar-refractivity contribution is 9.09. The van der Waals surface area contributed by atoms with Crippen molar-refractivity contribution in [2.45, 2.75) is 26.2 Å². The lowest BCUT2D eigenvalue weighted by Crippen LogP contribution is -2.02. The van der Waals surface area contributed by atoms with Gasteiger partial charge in [0.05, 0.1) is 11.6 Å². The van der Waals surface area contributed by atoms with E-state index in [0.717, 1.165) is 23.1 Å². The summed E-state index contributed by atoms with van der Waals surface area (Å²) in [5, 5.41) is 2.19. The zero-order chi connectivity index (χ0) is 12.1. The van der Waals surface area contributed by atoms with Crippen LogP contribution in [0, 0.1) is 0 Å². The van der Waals surface area contributed by atoms with Crippen molar-refractivity contribution in [1.82, 2.24) is 0 Å². The maximum absolute atomic E-state index is 6.14. The Labute approximate surface area is 115 Å². The highest BCUT2D eigenvalue weighted by atomic mass is 79.9. The highest BCUT2D eigenvalue weighted by Gasteiger charge is 2.15. The van der Waals surface area contributed by atoms with Crippen molar-refractivity contribution in [3.8, 4) is 5.75 Å². The predicted molar refractivity (Wildman–Crippen MR) is 74.5 cm³/mol. The van der Waals surface area contributed by atoms with Crippen LogP contribution in [0.15, 0.2) is 12.1 Å². The second-order valence-electron chi connectivity index (χ2n) is 3.62. The summed E-state index contributed by atoms with van der Waals surface area (Å²) in [6, 6.07) is 3.66. The third-order valence-corrected chi connectivity index (χ3v) is 3.36. The maximum Gasteiger partial charge on any atom is 0.141 e. The number of ether oxygens (including phenoxy) is 1. The number of halogens is 3. The molecule has 0 radical (unpaired) electrons. The third-order valence-electron chi connectivity index (χ3n) is 2.40. The van der Waals surface area contributed by atoms with E-state index in [1.165, 1.54) is 0 Å². The predicted octanol–water partition coefficient (Wildman–Crippen LogP) is 5.28. The fourth-order valence-electron chi connectivity index (χ4n) is 1.56. The normalized spacial score (nSPS) is 12.6. The molecular weight excluding hydrogens is 311 g/mol. The second kappa shape index (κ2) is 6.73. The van der Waals surface area contributed by atoms with E-state index in [2.05, 4.69) is 22.9 Å². The van der Waals surface area contributed by atoms with Crippen LogP contribution in [-0.2, 0) is 0 Å². The van der Waals surface area contributed by atoms with E-state index in [0.29, 0.717) is 22.6 Å². The first-order valence-electron chi connectivity index (χ1n) is 5.27. The quantitative estimate of drug-likeness (QED) is 0.669. The summed E-state index contributed by atoms with van der Waals surface area (Å²) in [5.74, 6) is 1.14. The van der Waals surface area contributed by atoms with Crippen molar-refractivity contribution in [2.75, 3.05) is 11.9 Å². The fourth-order valence-corrected chi connectivity index (χ4v) is 2.81. The van der Waals surface area contributed by atoms with Gasteiger partial charge in [-0.3, -0.25) is 0 Å². The van der Waals surface area contributed by atoms with Crippen molar-refractivity contribution < 1.29 is 4.74 Å². The van der Waals surface area contributed by atoms with Gasteiger partial charge in [-0.25, -0.2) is 0 Å². The van der Waals surface area contributed by atoms with Gasteiger partial charge in [0.25, 0.3) is 0 Å². The smallest absolute Gasteiger partial charge is 0.141 e. The summed E-state index contributed by atoms with van der Waals surface area (Å²) in [4.78, 5) is 0. The van der Waals surface area contributed by atoms with Gasteiger partial charge in [0, 0.05) is 15.9 Å². The van der Waals surface area contributed by atoms with E-state index in [9.17, 15) is 0 Å². The lowest BCUT2D eigenvalue weighted by molar-refractivity contribution is 0.334. The molecule has 0 aliphatic heterocycles. The Morgan fingerprint density at radius 2 is 2.06 bits per heavy atom. The van der Waals surface area contributed by atoms with Crippen LogP contribution in [0.3, 0.4) is 0 Å². The number of alkyl halides is 1. The molecule has 4 heteroatoms. The van der Waals surface area contributed by atoms with Gasteiger partial charge >= 0.3 is 0 Å². The fraction of sp³-hybridized carbons (Fsp3) is 0.500. The van der Waals surface area contributed by atoms with Crippen LogP contribution in [0.5, 0.6) is 5.75 Å². The van der Waals surface area contributed by atoms with Crippen molar-refractivity contribution in [3.05, 3.63) is 27.7 Å². The first-order valence-corrected chi connectivity index (χ1v) is 7.15. The molecule has 1 rings (SSSR count). The van der Waals surface area contributed by atoms with Crippen LogP contribution in [0.4, 0.5) is 0 Å². The molecule has 0 aromatic heterocycles. The van der Waals surface area contributed by atoms with Crippen LogP contribution >= 0.6 is 39.1 Å². The molecule has 90 valence electrons. The van der Waals surface area contributed by atoms with Crippen molar-refractivity contribution in [3.63, 3.8) is 0 Å². The number of hydrogen-bond acceptors (Lipinski definition) is 1. The molecule has 1 aromatic carbocycles. The second-order valence-corrected chi connectivity index (χ2v) is 5.25. The summed E-state index contributed by atoms with van der Waals surface area (Å²) in [6.07, 6.45) is 1.02. The first kappa shape index (κ1) is 14.1. The Morgan fingerprint density at radius 1 is 1.38 bits per heavy atom. The summed E-state index contributed by atoms with van der Waals surface area (Å²) in [7, 11) is 0. The summed E-state index contributed by atoms with van der Waals surface area (Å²) in [6.45, 7) is 4.70. The number of benzene rings is 1. The van der Waals surface area contributed by atoms with Gasteiger partial charge in [0.2, 0.25) is 0 Å². The van der Waals surface area contributed by atoms with Gasteiger partial charge in [-0.1, -0.05) is 46.1 Å². The molecule has 0 aliphatic carbocycles. The molecular formula is C12H15BrCl2O. The average molecular weight is 326 g/mol. The molecule has 16 heavy (non-hydrogen) atoms. The average Bonchev–Trinajstić information content (AvgIpc) is 2.22.